The standard InChI is InChI=1S/C14H20IN3O.ClH/c1-10-7-18(8-11(2)16-10)9-14(19)17-13-6-4-3-5-12(13)15;/h3-6,10-11,16H,7-9H2,1-2H3,(H,17,19);1H. The molecule has 112 valence electrons. The van der Waals surface area contributed by atoms with Crippen molar-refractivity contribution in [1.29, 1.82) is 0 Å². The summed E-state index contributed by atoms with van der Waals surface area (Å²) in [5.41, 5.74) is 0.893. The van der Waals surface area contributed by atoms with Crippen LogP contribution in [0.1, 0.15) is 13.8 Å². The van der Waals surface area contributed by atoms with Gasteiger partial charge in [-0.15, -0.1) is 12.4 Å². The summed E-state index contributed by atoms with van der Waals surface area (Å²) in [5.74, 6) is 0.0606. The molecular weight excluding hydrogens is 389 g/mol. The quantitative estimate of drug-likeness (QED) is 0.753. The molecule has 2 rings (SSSR count). The summed E-state index contributed by atoms with van der Waals surface area (Å²) in [5, 5.41) is 6.45. The molecule has 1 heterocycles. The molecule has 1 aliphatic heterocycles. The van der Waals surface area contributed by atoms with Crippen molar-refractivity contribution in [2.24, 2.45) is 0 Å². The van der Waals surface area contributed by atoms with E-state index in [4.69, 9.17) is 0 Å². The number of nitrogens with one attached hydrogen (secondary N) is 2. The first-order valence-corrected chi connectivity index (χ1v) is 7.65. The fraction of sp³-hybridized carbons (Fsp3) is 0.500. The summed E-state index contributed by atoms with van der Waals surface area (Å²) in [7, 11) is 0. The number of hydrogen-bond acceptors (Lipinski definition) is 3. The second-order valence-corrected chi connectivity index (χ2v) is 6.35. The van der Waals surface area contributed by atoms with Gasteiger partial charge in [-0.2, -0.15) is 0 Å². The molecule has 1 fully saturated rings. The van der Waals surface area contributed by atoms with Crippen LogP contribution in [0.25, 0.3) is 0 Å². The van der Waals surface area contributed by atoms with Crippen LogP contribution in [0, 0.1) is 3.57 Å². The monoisotopic (exact) mass is 409 g/mol. The number of carbonyl (C=O) groups is 1. The van der Waals surface area contributed by atoms with Crippen molar-refractivity contribution in [1.82, 2.24) is 10.2 Å². The lowest BCUT2D eigenvalue weighted by atomic mass is 10.1. The lowest BCUT2D eigenvalue weighted by Gasteiger charge is -2.35. The highest BCUT2D eigenvalue weighted by Crippen LogP contribution is 2.16. The summed E-state index contributed by atoms with van der Waals surface area (Å²) in [6.45, 7) is 6.61. The molecule has 0 aromatic heterocycles. The summed E-state index contributed by atoms with van der Waals surface area (Å²) in [6, 6.07) is 8.71. The molecule has 0 spiro atoms. The first-order chi connectivity index (χ1) is 9.04. The van der Waals surface area contributed by atoms with E-state index >= 15 is 0 Å². The molecule has 0 aliphatic carbocycles. The van der Waals surface area contributed by atoms with Crippen LogP contribution in [-0.2, 0) is 4.79 Å². The van der Waals surface area contributed by atoms with E-state index in [0.717, 1.165) is 22.3 Å². The number of nitrogens with zero attached hydrogens (tertiary/aromatic N) is 1. The van der Waals surface area contributed by atoms with Crippen molar-refractivity contribution >= 4 is 46.6 Å². The minimum atomic E-state index is 0. The van der Waals surface area contributed by atoms with Crippen molar-refractivity contribution in [2.45, 2.75) is 25.9 Å². The van der Waals surface area contributed by atoms with Gasteiger partial charge >= 0.3 is 0 Å². The molecule has 1 saturated heterocycles. The number of halogens is 2. The molecule has 1 aromatic carbocycles. The average Bonchev–Trinajstić information content (AvgIpc) is 2.30. The van der Waals surface area contributed by atoms with E-state index in [1.165, 1.54) is 0 Å². The van der Waals surface area contributed by atoms with Crippen LogP contribution < -0.4 is 10.6 Å². The van der Waals surface area contributed by atoms with E-state index in [-0.39, 0.29) is 18.3 Å². The minimum absolute atomic E-state index is 0. The Morgan fingerprint density at radius 3 is 2.55 bits per heavy atom. The zero-order valence-corrected chi connectivity index (χ0v) is 14.7. The van der Waals surface area contributed by atoms with Crippen LogP contribution in [0.4, 0.5) is 5.69 Å². The maximum atomic E-state index is 12.1. The van der Waals surface area contributed by atoms with Crippen LogP contribution in [0.2, 0.25) is 0 Å². The number of carbonyl (C=O) groups excluding carboxylic acids is 1. The number of benzene rings is 1. The third-order valence-corrected chi connectivity index (χ3v) is 4.09. The van der Waals surface area contributed by atoms with Crippen molar-refractivity contribution in [2.75, 3.05) is 25.0 Å². The largest absolute Gasteiger partial charge is 0.324 e. The SMILES string of the molecule is CC1CN(CC(=O)Nc2ccccc2I)CC(C)N1.Cl. The van der Waals surface area contributed by atoms with Crippen LogP contribution >= 0.6 is 35.0 Å². The number of piperazine rings is 1. The number of amides is 1. The average molecular weight is 410 g/mol. The molecule has 0 bridgehead atoms. The Hall–Kier alpha value is -0.370. The smallest absolute Gasteiger partial charge is 0.238 e. The van der Waals surface area contributed by atoms with Gasteiger partial charge < -0.3 is 10.6 Å². The Bertz CT molecular complexity index is 448. The molecule has 4 nitrogen and oxygen atoms in total. The van der Waals surface area contributed by atoms with Crippen LogP contribution in [0.3, 0.4) is 0 Å². The third-order valence-electron chi connectivity index (χ3n) is 3.15. The first-order valence-electron chi connectivity index (χ1n) is 6.57. The molecule has 6 heteroatoms. The Kier molecular flexibility index (Phi) is 7.22. The molecule has 1 aromatic rings. The van der Waals surface area contributed by atoms with E-state index in [2.05, 4.69) is 52.0 Å². The van der Waals surface area contributed by atoms with Crippen LogP contribution in [0.15, 0.2) is 24.3 Å². The molecule has 2 atom stereocenters. The van der Waals surface area contributed by atoms with E-state index in [0.29, 0.717) is 18.6 Å². The van der Waals surface area contributed by atoms with Crippen molar-refractivity contribution in [3.63, 3.8) is 0 Å². The first kappa shape index (κ1) is 17.7. The summed E-state index contributed by atoms with van der Waals surface area (Å²) >= 11 is 2.23. The fourth-order valence-corrected chi connectivity index (χ4v) is 3.05. The maximum absolute atomic E-state index is 12.1. The maximum Gasteiger partial charge on any atom is 0.238 e. The van der Waals surface area contributed by atoms with Gasteiger partial charge in [-0.25, -0.2) is 0 Å². The number of para-hydroxylation sites is 1. The number of hydrogen-bond donors (Lipinski definition) is 2. The molecule has 2 N–H and O–H groups in total. The molecular formula is C14H21ClIN3O. The zero-order valence-electron chi connectivity index (χ0n) is 11.7. The van der Waals surface area contributed by atoms with Gasteiger partial charge in [0.1, 0.15) is 0 Å². The van der Waals surface area contributed by atoms with Gasteiger partial charge in [0, 0.05) is 28.7 Å². The highest BCUT2D eigenvalue weighted by atomic mass is 127. The molecule has 1 amide bonds. The predicted octanol–water partition coefficient (Wildman–Crippen LogP) is 2.33. The van der Waals surface area contributed by atoms with E-state index in [1.54, 1.807) is 0 Å². The van der Waals surface area contributed by atoms with Crippen LogP contribution in [-0.4, -0.2) is 42.5 Å². The van der Waals surface area contributed by atoms with Crippen molar-refractivity contribution in [3.05, 3.63) is 27.8 Å². The van der Waals surface area contributed by atoms with E-state index in [9.17, 15) is 4.79 Å². The number of rotatable bonds is 3. The third kappa shape index (κ3) is 5.20. The molecule has 0 radical (unpaired) electrons. The predicted molar refractivity (Wildman–Crippen MR) is 93.5 cm³/mol. The second kappa shape index (κ2) is 8.17. The highest BCUT2D eigenvalue weighted by Gasteiger charge is 2.22. The lowest BCUT2D eigenvalue weighted by Crippen LogP contribution is -2.55. The highest BCUT2D eigenvalue weighted by molar-refractivity contribution is 14.1. The van der Waals surface area contributed by atoms with Gasteiger partial charge in [-0.3, -0.25) is 9.69 Å². The summed E-state index contributed by atoms with van der Waals surface area (Å²) in [6.07, 6.45) is 0. The summed E-state index contributed by atoms with van der Waals surface area (Å²) < 4.78 is 1.07. The molecule has 0 saturated carbocycles. The fourth-order valence-electron chi connectivity index (χ4n) is 2.52. The van der Waals surface area contributed by atoms with Gasteiger partial charge in [0.05, 0.1) is 12.2 Å². The number of anilines is 1. The normalized spacial score (nSPS) is 22.9. The topological polar surface area (TPSA) is 44.4 Å². The van der Waals surface area contributed by atoms with Gasteiger partial charge in [-0.05, 0) is 48.6 Å². The Balaban J connectivity index is 0.00000200. The van der Waals surface area contributed by atoms with Crippen molar-refractivity contribution < 1.29 is 4.79 Å². The second-order valence-electron chi connectivity index (χ2n) is 5.19. The molecule has 2 unspecified atom stereocenters. The van der Waals surface area contributed by atoms with Crippen molar-refractivity contribution in [3.8, 4) is 0 Å². The Morgan fingerprint density at radius 2 is 1.95 bits per heavy atom. The Morgan fingerprint density at radius 1 is 1.35 bits per heavy atom. The summed E-state index contributed by atoms with van der Waals surface area (Å²) in [4.78, 5) is 14.3. The van der Waals surface area contributed by atoms with E-state index in [1.807, 2.05) is 24.3 Å². The van der Waals surface area contributed by atoms with Gasteiger partial charge in [0.25, 0.3) is 0 Å². The van der Waals surface area contributed by atoms with Gasteiger partial charge in [0.15, 0.2) is 0 Å². The zero-order chi connectivity index (χ0) is 13.8. The minimum Gasteiger partial charge on any atom is -0.324 e. The van der Waals surface area contributed by atoms with E-state index < -0.39 is 0 Å². The Labute approximate surface area is 140 Å². The lowest BCUT2D eigenvalue weighted by molar-refractivity contribution is -0.117. The molecule has 1 aliphatic rings. The van der Waals surface area contributed by atoms with Gasteiger partial charge in [-0.1, -0.05) is 12.1 Å². The molecule has 20 heavy (non-hydrogen) atoms. The van der Waals surface area contributed by atoms with Gasteiger partial charge in [0.2, 0.25) is 5.91 Å². The van der Waals surface area contributed by atoms with Crippen LogP contribution in [0.5, 0.6) is 0 Å².